The number of fused-ring (bicyclic) bond motifs is 20. The highest BCUT2D eigenvalue weighted by Gasteiger charge is 2.29. The third kappa shape index (κ3) is 10.3. The zero-order chi connectivity index (χ0) is 72.4. The lowest BCUT2D eigenvalue weighted by molar-refractivity contribution is -0.660. The van der Waals surface area contributed by atoms with Crippen LogP contribution in [0.2, 0.25) is 0 Å². The van der Waals surface area contributed by atoms with Crippen LogP contribution in [0.25, 0.3) is 164 Å². The molecular weight excluding hydrogens is 1280 g/mol. The van der Waals surface area contributed by atoms with Crippen LogP contribution < -0.4 is 18.6 Å². The van der Waals surface area contributed by atoms with Gasteiger partial charge < -0.3 is 27.5 Å². The SMILES string of the molecule is Cc1ccc2c(oc3nc(C)c4ccccc4c32)c1-c1cccc[n+]1C.Cc1ccc2c(oc3ncc4ccccc4c32)c1-c1scc[n+]1C.Cc1ccc2c(oc3ncc4ccccc4c32)c1N1C=CN(C)[C@@H]1C.[2H]C([2H])([2H])c1cc(C)c(-c2cccc[n+]2C)c2oc3nc(C)c4ccccc4c3c12. The molecule has 8 aromatic carbocycles. The van der Waals surface area contributed by atoms with Crippen molar-refractivity contribution in [3.63, 3.8) is 0 Å². The molecular formula is C88H74N9O4S+3. The Morgan fingerprint density at radius 3 is 1.42 bits per heavy atom. The molecule has 1 aliphatic rings. The van der Waals surface area contributed by atoms with Crippen molar-refractivity contribution in [1.29, 1.82) is 0 Å². The fourth-order valence-electron chi connectivity index (χ4n) is 15.1. The van der Waals surface area contributed by atoms with Gasteiger partial charge in [-0.25, -0.2) is 29.1 Å². The van der Waals surface area contributed by atoms with Gasteiger partial charge in [0.15, 0.2) is 40.9 Å². The van der Waals surface area contributed by atoms with Crippen LogP contribution >= 0.6 is 11.3 Å². The number of furan rings is 4. The van der Waals surface area contributed by atoms with E-state index in [4.69, 9.17) is 31.7 Å². The molecule has 20 rings (SSSR count). The number of hydrogen-bond acceptors (Lipinski definition) is 11. The van der Waals surface area contributed by atoms with Crippen LogP contribution in [0.4, 0.5) is 5.69 Å². The number of benzene rings is 8. The maximum absolute atomic E-state index is 8.20. The number of anilines is 1. The number of aromatic nitrogens is 7. The van der Waals surface area contributed by atoms with Crippen molar-refractivity contribution >= 4 is 148 Å². The minimum Gasteiger partial charge on any atom is -0.437 e. The zero-order valence-corrected chi connectivity index (χ0v) is 59.3. The first-order valence-electron chi connectivity index (χ1n) is 35.7. The lowest BCUT2D eigenvalue weighted by Gasteiger charge is -2.28. The molecule has 0 aliphatic carbocycles. The van der Waals surface area contributed by atoms with Gasteiger partial charge in [-0.2, -0.15) is 4.57 Å². The van der Waals surface area contributed by atoms with E-state index in [0.717, 1.165) is 127 Å². The summed E-state index contributed by atoms with van der Waals surface area (Å²) in [6.07, 6.45) is 14.4. The van der Waals surface area contributed by atoms with Gasteiger partial charge in [0.25, 0.3) is 5.01 Å². The second-order valence-electron chi connectivity index (χ2n) is 26.7. The van der Waals surface area contributed by atoms with Crippen LogP contribution in [0, 0.1) is 48.4 Å². The third-order valence-electron chi connectivity index (χ3n) is 20.4. The Hall–Kier alpha value is -12.1. The predicted molar refractivity (Wildman–Crippen MR) is 416 cm³/mol. The van der Waals surface area contributed by atoms with E-state index in [1.165, 1.54) is 43.2 Å². The molecule has 13 nitrogen and oxygen atoms in total. The molecule has 102 heavy (non-hydrogen) atoms. The summed E-state index contributed by atoms with van der Waals surface area (Å²) >= 11 is 1.73. The molecule has 14 heteroatoms. The van der Waals surface area contributed by atoms with E-state index in [2.05, 4.69) is 217 Å². The van der Waals surface area contributed by atoms with Gasteiger partial charge in [0.05, 0.1) is 43.7 Å². The Bertz CT molecular complexity index is 6800. The van der Waals surface area contributed by atoms with Crippen LogP contribution in [0.3, 0.4) is 0 Å². The van der Waals surface area contributed by atoms with E-state index in [-0.39, 0.29) is 6.17 Å². The lowest BCUT2D eigenvalue weighted by Crippen LogP contribution is -2.33. The first-order chi connectivity index (χ1) is 50.8. The summed E-state index contributed by atoms with van der Waals surface area (Å²) in [5, 5.41) is 20.3. The normalized spacial score (nSPS) is 13.7. The standard InChI is InChI=1S/C24H21N2O.C23H19N2O.C21H19N3O.C20H15N2OS/c1-14-13-15(2)21-22-18-10-6-5-9-17(18)16(3)25-24(22)27-23(21)20(14)19-11-7-8-12-26(19)4;1-14-11-12-18-21-17-9-5-4-8-16(17)15(2)24-23(21)26-22(18)20(14)19-10-6-7-13-25(19)3;1-13-8-9-17-18-16-7-5-4-6-15(16)12-22-21(18)25-20(17)19(13)24-11-10-23(3)14(24)2;1-12-7-8-15-17-14-6-4-3-5-13(14)11-21-19(17)23-18(15)16(12)20-22(2)9-10-24-20/h5-13H,1-4H3;4-13H,1-3H3;4-12,14H,1-3H3;3-11H,1-2H3/q2*+1;;+1/t;;14-;/m..0./s1/i2D3;;;. The summed E-state index contributed by atoms with van der Waals surface area (Å²) < 4.78 is 56.0. The van der Waals surface area contributed by atoms with E-state index in [1.54, 1.807) is 17.4 Å². The van der Waals surface area contributed by atoms with Gasteiger partial charge in [0, 0.05) is 115 Å². The molecule has 0 unspecified atom stereocenters. The van der Waals surface area contributed by atoms with Crippen LogP contribution in [0.5, 0.6) is 0 Å². The van der Waals surface area contributed by atoms with E-state index in [9.17, 15) is 0 Å². The molecule has 0 fully saturated rings. The molecule has 0 amide bonds. The minimum absolute atomic E-state index is 0.252. The van der Waals surface area contributed by atoms with Crippen LogP contribution in [-0.4, -0.2) is 38.0 Å². The summed E-state index contributed by atoms with van der Waals surface area (Å²) in [6, 6.07) is 60.0. The maximum atomic E-state index is 8.20. The zero-order valence-electron chi connectivity index (χ0n) is 61.5. The Labute approximate surface area is 596 Å². The summed E-state index contributed by atoms with van der Waals surface area (Å²) in [6.45, 7) is 12.2. The largest absolute Gasteiger partial charge is 0.437 e. The van der Waals surface area contributed by atoms with E-state index in [0.29, 0.717) is 39.4 Å². The number of pyridine rings is 6. The molecule has 0 spiro atoms. The summed E-state index contributed by atoms with van der Waals surface area (Å²) in [5.41, 5.74) is 18.9. The molecule has 0 radical (unpaired) electrons. The van der Waals surface area contributed by atoms with Crippen molar-refractivity contribution in [3.8, 4) is 33.1 Å². The Morgan fingerprint density at radius 2 is 0.873 bits per heavy atom. The predicted octanol–water partition coefficient (Wildman–Crippen LogP) is 20.8. The number of nitrogens with zero attached hydrogens (tertiary/aromatic N) is 9. The van der Waals surface area contributed by atoms with Crippen molar-refractivity contribution in [2.45, 2.75) is 61.5 Å². The molecule has 0 saturated heterocycles. The molecule has 0 N–H and O–H groups in total. The first-order valence-corrected chi connectivity index (χ1v) is 35.1. The van der Waals surface area contributed by atoms with Gasteiger partial charge in [-0.05, 0) is 123 Å². The fourth-order valence-corrected chi connectivity index (χ4v) is 16.1. The smallest absolute Gasteiger partial charge is 0.272 e. The Morgan fingerprint density at radius 1 is 0.412 bits per heavy atom. The maximum Gasteiger partial charge on any atom is 0.272 e. The quantitative estimate of drug-likeness (QED) is 0.157. The molecule has 0 saturated carbocycles. The van der Waals surface area contributed by atoms with E-state index < -0.39 is 6.85 Å². The van der Waals surface area contributed by atoms with Gasteiger partial charge in [0.1, 0.15) is 32.9 Å². The van der Waals surface area contributed by atoms with Gasteiger partial charge >= 0.3 is 0 Å². The highest BCUT2D eigenvalue weighted by atomic mass is 32.1. The average molecular weight is 1360 g/mol. The number of thiazole rings is 1. The lowest BCUT2D eigenvalue weighted by atomic mass is 9.95. The molecule has 11 aromatic heterocycles. The van der Waals surface area contributed by atoms with Crippen LogP contribution in [0.15, 0.2) is 242 Å². The highest BCUT2D eigenvalue weighted by molar-refractivity contribution is 7.12. The van der Waals surface area contributed by atoms with E-state index in [1.807, 2.05) is 112 Å². The second kappa shape index (κ2) is 24.9. The molecule has 19 aromatic rings. The van der Waals surface area contributed by atoms with Crippen molar-refractivity contribution in [1.82, 2.24) is 24.8 Å². The van der Waals surface area contributed by atoms with Crippen LogP contribution in [0.1, 0.15) is 50.2 Å². The summed E-state index contributed by atoms with van der Waals surface area (Å²) in [7, 11) is 8.19. The molecule has 1 atom stereocenters. The van der Waals surface area contributed by atoms with Crippen molar-refractivity contribution in [2.75, 3.05) is 11.9 Å². The van der Waals surface area contributed by atoms with Gasteiger partial charge in [-0.15, -0.1) is 0 Å². The minimum atomic E-state index is -2.27. The highest BCUT2D eigenvalue weighted by Crippen LogP contribution is 2.46. The van der Waals surface area contributed by atoms with Gasteiger partial charge in [-0.3, -0.25) is 0 Å². The summed E-state index contributed by atoms with van der Waals surface area (Å²) in [5.74, 6) is 0. The fraction of sp³-hybridized carbons (Fsp3) is 0.148. The van der Waals surface area contributed by atoms with Gasteiger partial charge in [0.2, 0.25) is 34.2 Å². The van der Waals surface area contributed by atoms with Crippen molar-refractivity contribution in [3.05, 3.63) is 264 Å². The third-order valence-corrected chi connectivity index (χ3v) is 21.4. The second-order valence-corrected chi connectivity index (χ2v) is 27.6. The number of rotatable bonds is 4. The molecule has 0 bridgehead atoms. The Kier molecular flexibility index (Phi) is 14.6. The number of aryl methyl sites for hydroxylation is 10. The van der Waals surface area contributed by atoms with Crippen LogP contribution in [-0.2, 0) is 21.1 Å². The first kappa shape index (κ1) is 59.9. The molecule has 498 valence electrons. The molecule has 12 heterocycles. The average Bonchev–Trinajstić information content (AvgIpc) is 1.65. The summed E-state index contributed by atoms with van der Waals surface area (Å²) in [4.78, 5) is 23.0. The Balaban J connectivity index is 0.000000104. The number of hydrogen-bond donors (Lipinski definition) is 0. The van der Waals surface area contributed by atoms with Crippen molar-refractivity contribution in [2.24, 2.45) is 21.1 Å². The van der Waals surface area contributed by atoms with Gasteiger partial charge in [-0.1, -0.05) is 145 Å². The molecule has 1 aliphatic heterocycles. The monoisotopic (exact) mass is 1360 g/mol. The topological polar surface area (TPSA) is 122 Å². The van der Waals surface area contributed by atoms with E-state index >= 15 is 0 Å². The van der Waals surface area contributed by atoms with Crippen molar-refractivity contribution < 1.29 is 35.5 Å².